The van der Waals surface area contributed by atoms with Crippen molar-refractivity contribution >= 4 is 23.4 Å². The SMILES string of the molecule is Clc1ccc2c(c1)CCc1cccnc1C2=C1C=CN=CC1. The zero-order valence-corrected chi connectivity index (χ0v) is 12.8. The fourth-order valence-electron chi connectivity index (χ4n) is 3.20. The summed E-state index contributed by atoms with van der Waals surface area (Å²) in [5.74, 6) is 0. The standard InChI is InChI=1S/C19H15ClN2/c20-16-5-6-17-15(12-16)4-3-14-2-1-9-22-19(14)18(17)13-7-10-21-11-8-13/h1-2,5-7,9-12H,3-4,8H2. The molecule has 3 heteroatoms. The summed E-state index contributed by atoms with van der Waals surface area (Å²) < 4.78 is 0. The number of benzene rings is 1. The Bertz CT molecular complexity index is 831. The summed E-state index contributed by atoms with van der Waals surface area (Å²) in [5.41, 5.74) is 7.43. The van der Waals surface area contributed by atoms with E-state index in [1.807, 2.05) is 30.7 Å². The van der Waals surface area contributed by atoms with E-state index in [1.54, 1.807) is 0 Å². The smallest absolute Gasteiger partial charge is 0.0743 e. The predicted molar refractivity (Wildman–Crippen MR) is 91.4 cm³/mol. The van der Waals surface area contributed by atoms with Crippen LogP contribution in [0, 0.1) is 0 Å². The van der Waals surface area contributed by atoms with Crippen molar-refractivity contribution in [2.45, 2.75) is 19.3 Å². The summed E-state index contributed by atoms with van der Waals surface area (Å²) in [6.07, 6.45) is 10.6. The molecule has 1 aromatic carbocycles. The maximum absolute atomic E-state index is 6.21. The Morgan fingerprint density at radius 3 is 2.82 bits per heavy atom. The number of fused-ring (bicyclic) bond motifs is 2. The molecule has 0 fully saturated rings. The summed E-state index contributed by atoms with van der Waals surface area (Å²) >= 11 is 6.21. The number of halogens is 1. The number of allylic oxidation sites excluding steroid dienone is 2. The molecule has 108 valence electrons. The lowest BCUT2D eigenvalue weighted by molar-refractivity contribution is 0.955. The first-order valence-corrected chi connectivity index (χ1v) is 7.85. The minimum atomic E-state index is 0.794. The predicted octanol–water partition coefficient (Wildman–Crippen LogP) is 4.62. The molecule has 0 amide bonds. The highest BCUT2D eigenvalue weighted by Gasteiger charge is 2.22. The lowest BCUT2D eigenvalue weighted by Crippen LogP contribution is -2.00. The molecule has 4 rings (SSSR count). The second-order valence-electron chi connectivity index (χ2n) is 5.56. The van der Waals surface area contributed by atoms with Crippen LogP contribution in [-0.4, -0.2) is 11.2 Å². The number of hydrogen-bond acceptors (Lipinski definition) is 2. The van der Waals surface area contributed by atoms with Crippen LogP contribution in [0.25, 0.3) is 5.57 Å². The number of rotatable bonds is 0. The van der Waals surface area contributed by atoms with Gasteiger partial charge < -0.3 is 0 Å². The van der Waals surface area contributed by atoms with E-state index in [1.165, 1.54) is 27.8 Å². The van der Waals surface area contributed by atoms with Gasteiger partial charge in [-0.25, -0.2) is 0 Å². The maximum atomic E-state index is 6.21. The Hall–Kier alpha value is -2.19. The third-order valence-corrected chi connectivity index (χ3v) is 4.46. The average Bonchev–Trinajstić information content (AvgIpc) is 2.72. The number of hydrogen-bond donors (Lipinski definition) is 0. The van der Waals surface area contributed by atoms with Gasteiger partial charge >= 0.3 is 0 Å². The van der Waals surface area contributed by atoms with Gasteiger partial charge in [0.15, 0.2) is 0 Å². The van der Waals surface area contributed by atoms with E-state index >= 15 is 0 Å². The Morgan fingerprint density at radius 2 is 1.95 bits per heavy atom. The van der Waals surface area contributed by atoms with Gasteiger partial charge in [0, 0.05) is 35.6 Å². The summed E-state index contributed by atoms with van der Waals surface area (Å²) in [5, 5.41) is 0.794. The van der Waals surface area contributed by atoms with Gasteiger partial charge in [0.05, 0.1) is 5.69 Å². The molecular weight excluding hydrogens is 292 g/mol. The van der Waals surface area contributed by atoms with E-state index in [0.29, 0.717) is 0 Å². The molecule has 0 bridgehead atoms. The van der Waals surface area contributed by atoms with Crippen LogP contribution >= 0.6 is 11.6 Å². The molecule has 1 aromatic heterocycles. The lowest BCUT2D eigenvalue weighted by atomic mass is 9.91. The number of aliphatic imine (C=N–C) groups is 1. The van der Waals surface area contributed by atoms with Crippen molar-refractivity contribution in [3.8, 4) is 0 Å². The van der Waals surface area contributed by atoms with E-state index in [-0.39, 0.29) is 0 Å². The molecule has 0 saturated heterocycles. The minimum Gasteiger partial charge on any atom is -0.269 e. The largest absolute Gasteiger partial charge is 0.269 e. The van der Waals surface area contributed by atoms with Gasteiger partial charge in [0.1, 0.15) is 0 Å². The molecule has 2 nitrogen and oxygen atoms in total. The van der Waals surface area contributed by atoms with Crippen LogP contribution in [0.4, 0.5) is 0 Å². The molecule has 0 unspecified atom stereocenters. The Labute approximate surface area is 134 Å². The molecule has 1 aliphatic heterocycles. The van der Waals surface area contributed by atoms with Gasteiger partial charge in [-0.3, -0.25) is 9.98 Å². The van der Waals surface area contributed by atoms with Crippen molar-refractivity contribution < 1.29 is 0 Å². The van der Waals surface area contributed by atoms with E-state index in [9.17, 15) is 0 Å². The highest BCUT2D eigenvalue weighted by molar-refractivity contribution is 6.30. The van der Waals surface area contributed by atoms with E-state index in [4.69, 9.17) is 11.6 Å². The molecule has 0 N–H and O–H groups in total. The zero-order valence-electron chi connectivity index (χ0n) is 12.1. The number of aromatic nitrogens is 1. The van der Waals surface area contributed by atoms with Gasteiger partial charge in [-0.1, -0.05) is 23.7 Å². The van der Waals surface area contributed by atoms with Crippen molar-refractivity contribution in [2.24, 2.45) is 4.99 Å². The summed E-state index contributed by atoms with van der Waals surface area (Å²) in [6, 6.07) is 10.4. The highest BCUT2D eigenvalue weighted by atomic mass is 35.5. The lowest BCUT2D eigenvalue weighted by Gasteiger charge is -2.15. The van der Waals surface area contributed by atoms with E-state index < -0.39 is 0 Å². The third-order valence-electron chi connectivity index (χ3n) is 4.23. The maximum Gasteiger partial charge on any atom is 0.0743 e. The zero-order chi connectivity index (χ0) is 14.9. The van der Waals surface area contributed by atoms with Gasteiger partial charge in [-0.05, 0) is 59.4 Å². The normalized spacial score (nSPS) is 19.5. The molecule has 0 spiro atoms. The Balaban J connectivity index is 2.03. The molecule has 2 aromatic rings. The molecule has 0 atom stereocenters. The number of pyridine rings is 1. The van der Waals surface area contributed by atoms with Crippen LogP contribution in [0.2, 0.25) is 5.02 Å². The first kappa shape index (κ1) is 13.5. The minimum absolute atomic E-state index is 0.794. The molecule has 2 heterocycles. The summed E-state index contributed by atoms with van der Waals surface area (Å²) in [6.45, 7) is 0. The summed E-state index contributed by atoms with van der Waals surface area (Å²) in [4.78, 5) is 8.88. The van der Waals surface area contributed by atoms with Crippen LogP contribution < -0.4 is 0 Å². The van der Waals surface area contributed by atoms with Gasteiger partial charge in [0.25, 0.3) is 0 Å². The average molecular weight is 307 g/mol. The van der Waals surface area contributed by atoms with Gasteiger partial charge in [0.2, 0.25) is 0 Å². The fraction of sp³-hybridized carbons (Fsp3) is 0.158. The van der Waals surface area contributed by atoms with Crippen LogP contribution in [0.5, 0.6) is 0 Å². The molecular formula is C19H15ClN2. The molecule has 1 aliphatic carbocycles. The monoisotopic (exact) mass is 306 g/mol. The van der Waals surface area contributed by atoms with E-state index in [2.05, 4.69) is 34.3 Å². The Kier molecular flexibility index (Phi) is 3.39. The van der Waals surface area contributed by atoms with Crippen molar-refractivity contribution in [1.29, 1.82) is 0 Å². The number of nitrogens with zero attached hydrogens (tertiary/aromatic N) is 2. The molecule has 0 radical (unpaired) electrons. The Morgan fingerprint density at radius 1 is 1.05 bits per heavy atom. The van der Waals surface area contributed by atoms with Crippen molar-refractivity contribution in [1.82, 2.24) is 4.98 Å². The van der Waals surface area contributed by atoms with Gasteiger partial charge in [-0.2, -0.15) is 0 Å². The fourth-order valence-corrected chi connectivity index (χ4v) is 3.39. The second kappa shape index (κ2) is 5.54. The van der Waals surface area contributed by atoms with Crippen LogP contribution in [0.1, 0.15) is 28.8 Å². The summed E-state index contributed by atoms with van der Waals surface area (Å²) in [7, 11) is 0. The highest BCUT2D eigenvalue weighted by Crippen LogP contribution is 2.37. The molecule has 0 saturated carbocycles. The van der Waals surface area contributed by atoms with Crippen LogP contribution in [0.3, 0.4) is 0 Å². The number of aryl methyl sites for hydroxylation is 2. The van der Waals surface area contributed by atoms with Crippen LogP contribution in [0.15, 0.2) is 59.4 Å². The second-order valence-corrected chi connectivity index (χ2v) is 6.00. The van der Waals surface area contributed by atoms with Crippen LogP contribution in [-0.2, 0) is 12.8 Å². The van der Waals surface area contributed by atoms with Crippen molar-refractivity contribution in [2.75, 3.05) is 0 Å². The molecule has 2 aliphatic rings. The van der Waals surface area contributed by atoms with Gasteiger partial charge in [-0.15, -0.1) is 0 Å². The first-order valence-electron chi connectivity index (χ1n) is 7.47. The van der Waals surface area contributed by atoms with Crippen molar-refractivity contribution in [3.63, 3.8) is 0 Å². The quantitative estimate of drug-likeness (QED) is 0.697. The third kappa shape index (κ3) is 2.30. The first-order chi connectivity index (χ1) is 10.8. The van der Waals surface area contributed by atoms with Crippen molar-refractivity contribution in [3.05, 3.63) is 81.8 Å². The molecule has 22 heavy (non-hydrogen) atoms. The topological polar surface area (TPSA) is 25.2 Å². The van der Waals surface area contributed by atoms with E-state index in [0.717, 1.165) is 30.0 Å².